The van der Waals surface area contributed by atoms with Gasteiger partial charge in [0.05, 0.1) is 6.26 Å². The molecule has 0 aliphatic heterocycles. The molecule has 0 spiro atoms. The standard InChI is InChI=1S/C13H13ClFNO/c1-8-2-3-10(15)6-9(8)7-12(16)11-4-5-17-13(11)14/h2-6,12H,7,16H2,1H3. The second-order valence-electron chi connectivity index (χ2n) is 4.03. The van der Waals surface area contributed by atoms with E-state index in [1.165, 1.54) is 18.4 Å². The van der Waals surface area contributed by atoms with Crippen LogP contribution in [0.25, 0.3) is 0 Å². The number of benzene rings is 1. The molecule has 0 saturated heterocycles. The highest BCUT2D eigenvalue weighted by Crippen LogP contribution is 2.26. The Morgan fingerprint density at radius 2 is 2.18 bits per heavy atom. The second-order valence-corrected chi connectivity index (χ2v) is 4.37. The van der Waals surface area contributed by atoms with Gasteiger partial charge in [0.2, 0.25) is 0 Å². The molecule has 0 amide bonds. The van der Waals surface area contributed by atoms with Crippen molar-refractivity contribution < 1.29 is 8.81 Å². The van der Waals surface area contributed by atoms with Crippen LogP contribution in [-0.2, 0) is 6.42 Å². The van der Waals surface area contributed by atoms with Gasteiger partial charge in [-0.2, -0.15) is 0 Å². The molecule has 1 aromatic heterocycles. The first-order valence-corrected chi connectivity index (χ1v) is 5.69. The van der Waals surface area contributed by atoms with Gasteiger partial charge in [0.15, 0.2) is 5.22 Å². The Kier molecular flexibility index (Phi) is 3.50. The first kappa shape index (κ1) is 12.1. The molecule has 2 aromatic rings. The lowest BCUT2D eigenvalue weighted by Gasteiger charge is -2.12. The summed E-state index contributed by atoms with van der Waals surface area (Å²) in [6.07, 6.45) is 2.03. The zero-order valence-electron chi connectivity index (χ0n) is 9.41. The maximum absolute atomic E-state index is 13.1. The van der Waals surface area contributed by atoms with Gasteiger partial charge in [-0.1, -0.05) is 6.07 Å². The van der Waals surface area contributed by atoms with Gasteiger partial charge in [0.25, 0.3) is 0 Å². The van der Waals surface area contributed by atoms with E-state index in [0.717, 1.165) is 16.7 Å². The molecule has 4 heteroatoms. The van der Waals surface area contributed by atoms with Crippen LogP contribution in [0.2, 0.25) is 5.22 Å². The molecule has 1 heterocycles. The van der Waals surface area contributed by atoms with E-state index in [1.807, 2.05) is 6.92 Å². The predicted molar refractivity (Wildman–Crippen MR) is 65.5 cm³/mol. The number of nitrogens with two attached hydrogens (primary N) is 1. The molecule has 1 aromatic carbocycles. The lowest BCUT2D eigenvalue weighted by Crippen LogP contribution is -2.13. The van der Waals surface area contributed by atoms with Crippen LogP contribution in [0.3, 0.4) is 0 Å². The van der Waals surface area contributed by atoms with E-state index in [1.54, 1.807) is 12.1 Å². The molecule has 2 N–H and O–H groups in total. The van der Waals surface area contributed by atoms with Crippen LogP contribution in [0.1, 0.15) is 22.7 Å². The van der Waals surface area contributed by atoms with E-state index >= 15 is 0 Å². The fraction of sp³-hybridized carbons (Fsp3) is 0.231. The van der Waals surface area contributed by atoms with Crippen LogP contribution in [0.15, 0.2) is 34.9 Å². The monoisotopic (exact) mass is 253 g/mol. The molecule has 1 atom stereocenters. The van der Waals surface area contributed by atoms with E-state index in [9.17, 15) is 4.39 Å². The smallest absolute Gasteiger partial charge is 0.197 e. The minimum Gasteiger partial charge on any atom is -0.453 e. The average molecular weight is 254 g/mol. The van der Waals surface area contributed by atoms with Crippen LogP contribution in [-0.4, -0.2) is 0 Å². The van der Waals surface area contributed by atoms with Gasteiger partial charge in [-0.05, 0) is 54.3 Å². The van der Waals surface area contributed by atoms with E-state index in [0.29, 0.717) is 11.6 Å². The summed E-state index contributed by atoms with van der Waals surface area (Å²) in [4.78, 5) is 0. The number of furan rings is 1. The lowest BCUT2D eigenvalue weighted by atomic mass is 9.98. The molecular weight excluding hydrogens is 241 g/mol. The zero-order valence-corrected chi connectivity index (χ0v) is 10.2. The summed E-state index contributed by atoms with van der Waals surface area (Å²) in [5.41, 5.74) is 8.67. The van der Waals surface area contributed by atoms with Gasteiger partial charge in [-0.15, -0.1) is 0 Å². The number of halogens is 2. The number of hydrogen-bond acceptors (Lipinski definition) is 2. The summed E-state index contributed by atoms with van der Waals surface area (Å²) in [6.45, 7) is 1.93. The summed E-state index contributed by atoms with van der Waals surface area (Å²) >= 11 is 5.85. The van der Waals surface area contributed by atoms with Crippen LogP contribution < -0.4 is 5.73 Å². The number of rotatable bonds is 3. The SMILES string of the molecule is Cc1ccc(F)cc1CC(N)c1ccoc1Cl. The van der Waals surface area contributed by atoms with Crippen LogP contribution in [0.4, 0.5) is 4.39 Å². The third-order valence-electron chi connectivity index (χ3n) is 2.80. The molecule has 0 fully saturated rings. The number of aryl methyl sites for hydroxylation is 1. The first-order valence-electron chi connectivity index (χ1n) is 5.31. The van der Waals surface area contributed by atoms with Crippen molar-refractivity contribution in [2.75, 3.05) is 0 Å². The Balaban J connectivity index is 2.21. The fourth-order valence-electron chi connectivity index (χ4n) is 1.78. The third kappa shape index (κ3) is 2.68. The maximum atomic E-state index is 13.1. The van der Waals surface area contributed by atoms with Gasteiger partial charge in [-0.3, -0.25) is 0 Å². The van der Waals surface area contributed by atoms with Crippen LogP contribution in [0, 0.1) is 12.7 Å². The van der Waals surface area contributed by atoms with E-state index in [4.69, 9.17) is 21.8 Å². The summed E-state index contributed by atoms with van der Waals surface area (Å²) in [5.74, 6) is -0.254. The van der Waals surface area contributed by atoms with Gasteiger partial charge < -0.3 is 10.2 Å². The van der Waals surface area contributed by atoms with Crippen LogP contribution in [0.5, 0.6) is 0 Å². The predicted octanol–water partition coefficient (Wildman–Crippen LogP) is 3.62. The van der Waals surface area contributed by atoms with E-state index in [2.05, 4.69) is 0 Å². The third-order valence-corrected chi connectivity index (χ3v) is 3.10. The zero-order chi connectivity index (χ0) is 12.4. The molecule has 0 saturated carbocycles. The normalized spacial score (nSPS) is 12.7. The van der Waals surface area contributed by atoms with Crippen LogP contribution >= 0.6 is 11.6 Å². The van der Waals surface area contributed by atoms with E-state index < -0.39 is 0 Å². The lowest BCUT2D eigenvalue weighted by molar-refractivity contribution is 0.560. The molecule has 0 bridgehead atoms. The Labute approximate surface area is 104 Å². The highest BCUT2D eigenvalue weighted by Gasteiger charge is 2.14. The molecular formula is C13H13ClFNO. The summed E-state index contributed by atoms with van der Waals surface area (Å²) < 4.78 is 18.1. The molecule has 0 aliphatic rings. The van der Waals surface area contributed by atoms with Crippen molar-refractivity contribution in [3.63, 3.8) is 0 Å². The Bertz CT molecular complexity index is 524. The Morgan fingerprint density at radius 3 is 2.82 bits per heavy atom. The largest absolute Gasteiger partial charge is 0.453 e. The van der Waals surface area contributed by atoms with Gasteiger partial charge in [0.1, 0.15) is 5.82 Å². The quantitative estimate of drug-likeness (QED) is 0.907. The molecule has 90 valence electrons. The Hall–Kier alpha value is -1.32. The highest BCUT2D eigenvalue weighted by molar-refractivity contribution is 6.29. The molecule has 0 aliphatic carbocycles. The summed E-state index contributed by atoms with van der Waals surface area (Å²) in [7, 11) is 0. The van der Waals surface area contributed by atoms with Crippen molar-refractivity contribution in [2.45, 2.75) is 19.4 Å². The van der Waals surface area contributed by atoms with Crippen molar-refractivity contribution in [3.05, 3.63) is 58.3 Å². The van der Waals surface area contributed by atoms with Gasteiger partial charge >= 0.3 is 0 Å². The van der Waals surface area contributed by atoms with Crippen molar-refractivity contribution in [3.8, 4) is 0 Å². The second kappa shape index (κ2) is 4.90. The summed E-state index contributed by atoms with van der Waals surface area (Å²) in [6, 6.07) is 6.13. The minimum atomic E-state index is -0.290. The molecule has 2 nitrogen and oxygen atoms in total. The highest BCUT2D eigenvalue weighted by atomic mass is 35.5. The van der Waals surface area contributed by atoms with Gasteiger partial charge in [-0.25, -0.2) is 4.39 Å². The minimum absolute atomic E-state index is 0.254. The first-order chi connectivity index (χ1) is 8.08. The molecule has 1 unspecified atom stereocenters. The maximum Gasteiger partial charge on any atom is 0.197 e. The topological polar surface area (TPSA) is 39.2 Å². The Morgan fingerprint density at radius 1 is 1.41 bits per heavy atom. The molecule has 0 radical (unpaired) electrons. The van der Waals surface area contributed by atoms with E-state index in [-0.39, 0.29) is 11.9 Å². The van der Waals surface area contributed by atoms with Crippen molar-refractivity contribution >= 4 is 11.6 Å². The summed E-state index contributed by atoms with van der Waals surface area (Å²) in [5, 5.41) is 0.298. The number of hydrogen-bond donors (Lipinski definition) is 1. The molecule has 17 heavy (non-hydrogen) atoms. The molecule has 2 rings (SSSR count). The van der Waals surface area contributed by atoms with Crippen molar-refractivity contribution in [2.24, 2.45) is 5.73 Å². The van der Waals surface area contributed by atoms with Crippen molar-refractivity contribution in [1.82, 2.24) is 0 Å². The van der Waals surface area contributed by atoms with Gasteiger partial charge in [0, 0.05) is 11.6 Å². The van der Waals surface area contributed by atoms with Crippen molar-refractivity contribution in [1.29, 1.82) is 0 Å². The fourth-order valence-corrected chi connectivity index (χ4v) is 2.03. The average Bonchev–Trinajstić information content (AvgIpc) is 2.70.